The van der Waals surface area contributed by atoms with Crippen LogP contribution in [0.4, 0.5) is 0 Å². The van der Waals surface area contributed by atoms with Gasteiger partial charge in [-0.05, 0) is 24.1 Å². The number of methoxy groups -OCH3 is 2. The molecule has 0 saturated heterocycles. The van der Waals surface area contributed by atoms with Crippen molar-refractivity contribution in [2.24, 2.45) is 5.92 Å². The molecule has 0 amide bonds. The summed E-state index contributed by atoms with van der Waals surface area (Å²) in [6.45, 7) is 0. The second kappa shape index (κ2) is 6.64. The largest absolute Gasteiger partial charge is 0.354 e. The molecule has 1 unspecified atom stereocenters. The first-order valence-electron chi connectivity index (χ1n) is 4.91. The van der Waals surface area contributed by atoms with Gasteiger partial charge < -0.3 is 9.47 Å². The van der Waals surface area contributed by atoms with E-state index in [1.54, 1.807) is 14.2 Å². The molecule has 16 heavy (non-hydrogen) atoms. The van der Waals surface area contributed by atoms with E-state index in [1.165, 1.54) is 0 Å². The second-order valence-corrected chi connectivity index (χ2v) is 4.33. The molecule has 0 N–H and O–H groups in total. The first kappa shape index (κ1) is 13.2. The molecular formula is C12H14BrNO2. The van der Waals surface area contributed by atoms with Crippen LogP contribution in [0.5, 0.6) is 0 Å². The van der Waals surface area contributed by atoms with E-state index in [2.05, 4.69) is 22.0 Å². The highest BCUT2D eigenvalue weighted by Crippen LogP contribution is 2.18. The number of hydrogen-bond donors (Lipinski definition) is 0. The number of rotatable bonds is 5. The van der Waals surface area contributed by atoms with Crippen LogP contribution < -0.4 is 0 Å². The predicted octanol–water partition coefficient (Wildman–Crippen LogP) is 2.75. The van der Waals surface area contributed by atoms with Crippen molar-refractivity contribution in [3.63, 3.8) is 0 Å². The normalized spacial score (nSPS) is 12.4. The third-order valence-corrected chi connectivity index (χ3v) is 2.80. The smallest absolute Gasteiger partial charge is 0.172 e. The Balaban J connectivity index is 2.74. The van der Waals surface area contributed by atoms with Crippen LogP contribution in [0.1, 0.15) is 5.56 Å². The van der Waals surface area contributed by atoms with Gasteiger partial charge in [-0.15, -0.1) is 0 Å². The van der Waals surface area contributed by atoms with Gasteiger partial charge in [-0.1, -0.05) is 28.1 Å². The van der Waals surface area contributed by atoms with Crippen molar-refractivity contribution >= 4 is 15.9 Å². The van der Waals surface area contributed by atoms with Crippen LogP contribution in [0.3, 0.4) is 0 Å². The van der Waals surface area contributed by atoms with Gasteiger partial charge in [-0.25, -0.2) is 0 Å². The van der Waals surface area contributed by atoms with Crippen LogP contribution in [0.2, 0.25) is 0 Å². The van der Waals surface area contributed by atoms with Gasteiger partial charge in [0.05, 0.1) is 6.07 Å². The van der Waals surface area contributed by atoms with Crippen LogP contribution in [0.15, 0.2) is 28.7 Å². The lowest BCUT2D eigenvalue weighted by Gasteiger charge is -2.18. The summed E-state index contributed by atoms with van der Waals surface area (Å²) in [5.74, 6) is -0.302. The fourth-order valence-electron chi connectivity index (χ4n) is 1.55. The molecule has 0 aliphatic heterocycles. The molecule has 0 fully saturated rings. The number of ether oxygens (including phenoxy) is 2. The zero-order chi connectivity index (χ0) is 12.0. The SMILES string of the molecule is COC(OC)C(C#N)Cc1cccc(Br)c1. The minimum Gasteiger partial charge on any atom is -0.354 e. The van der Waals surface area contributed by atoms with Crippen LogP contribution in [-0.2, 0) is 15.9 Å². The topological polar surface area (TPSA) is 42.2 Å². The van der Waals surface area contributed by atoms with E-state index in [4.69, 9.17) is 14.7 Å². The van der Waals surface area contributed by atoms with Gasteiger partial charge in [-0.3, -0.25) is 0 Å². The lowest BCUT2D eigenvalue weighted by Crippen LogP contribution is -2.25. The van der Waals surface area contributed by atoms with Gasteiger partial charge >= 0.3 is 0 Å². The molecule has 0 aliphatic rings. The predicted molar refractivity (Wildman–Crippen MR) is 64.8 cm³/mol. The van der Waals surface area contributed by atoms with Crippen molar-refractivity contribution in [2.75, 3.05) is 14.2 Å². The number of benzene rings is 1. The molecule has 0 heterocycles. The average molecular weight is 284 g/mol. The van der Waals surface area contributed by atoms with Crippen LogP contribution in [0.25, 0.3) is 0 Å². The molecule has 1 rings (SSSR count). The van der Waals surface area contributed by atoms with Gasteiger partial charge in [0.1, 0.15) is 5.92 Å². The summed E-state index contributed by atoms with van der Waals surface area (Å²) in [6, 6.07) is 10.1. The van der Waals surface area contributed by atoms with Crippen molar-refractivity contribution in [3.05, 3.63) is 34.3 Å². The van der Waals surface area contributed by atoms with E-state index in [1.807, 2.05) is 24.3 Å². The van der Waals surface area contributed by atoms with Crippen molar-refractivity contribution in [2.45, 2.75) is 12.7 Å². The van der Waals surface area contributed by atoms with Crippen LogP contribution in [-0.4, -0.2) is 20.5 Å². The average Bonchev–Trinajstić information content (AvgIpc) is 2.29. The van der Waals surface area contributed by atoms with Crippen molar-refractivity contribution < 1.29 is 9.47 Å². The zero-order valence-corrected chi connectivity index (χ0v) is 10.9. The van der Waals surface area contributed by atoms with Gasteiger partial charge in [0, 0.05) is 18.7 Å². The summed E-state index contributed by atoms with van der Waals surface area (Å²) < 4.78 is 11.2. The Kier molecular flexibility index (Phi) is 5.47. The van der Waals surface area contributed by atoms with Crippen LogP contribution >= 0.6 is 15.9 Å². The molecule has 1 atom stereocenters. The Morgan fingerprint density at radius 3 is 2.56 bits per heavy atom. The highest BCUT2D eigenvalue weighted by Gasteiger charge is 2.20. The molecule has 4 heteroatoms. The maximum atomic E-state index is 9.07. The summed E-state index contributed by atoms with van der Waals surface area (Å²) in [5.41, 5.74) is 1.08. The molecule has 3 nitrogen and oxygen atoms in total. The molecule has 0 aliphatic carbocycles. The van der Waals surface area contributed by atoms with Gasteiger partial charge in [-0.2, -0.15) is 5.26 Å². The number of nitrogens with zero attached hydrogens (tertiary/aromatic N) is 1. The minimum atomic E-state index is -0.482. The Morgan fingerprint density at radius 1 is 1.38 bits per heavy atom. The lowest BCUT2D eigenvalue weighted by molar-refractivity contribution is -0.124. The summed E-state index contributed by atoms with van der Waals surface area (Å²) in [4.78, 5) is 0. The van der Waals surface area contributed by atoms with E-state index in [-0.39, 0.29) is 5.92 Å². The minimum absolute atomic E-state index is 0.302. The fraction of sp³-hybridized carbons (Fsp3) is 0.417. The van der Waals surface area contributed by atoms with E-state index < -0.39 is 6.29 Å². The molecule has 0 aromatic heterocycles. The van der Waals surface area contributed by atoms with E-state index >= 15 is 0 Å². The first-order valence-corrected chi connectivity index (χ1v) is 5.70. The molecule has 0 radical (unpaired) electrons. The summed E-state index contributed by atoms with van der Waals surface area (Å²) in [7, 11) is 3.08. The van der Waals surface area contributed by atoms with Gasteiger partial charge in [0.15, 0.2) is 6.29 Å². The van der Waals surface area contributed by atoms with Gasteiger partial charge in [0.25, 0.3) is 0 Å². The van der Waals surface area contributed by atoms with Gasteiger partial charge in [0.2, 0.25) is 0 Å². The fourth-order valence-corrected chi connectivity index (χ4v) is 1.99. The monoisotopic (exact) mass is 283 g/mol. The number of nitriles is 1. The zero-order valence-electron chi connectivity index (χ0n) is 9.31. The number of halogens is 1. The maximum Gasteiger partial charge on any atom is 0.172 e. The molecule has 0 saturated carbocycles. The Labute approximate surface area is 104 Å². The van der Waals surface area contributed by atoms with E-state index in [9.17, 15) is 0 Å². The molecular weight excluding hydrogens is 270 g/mol. The van der Waals surface area contributed by atoms with Crippen molar-refractivity contribution in [1.82, 2.24) is 0 Å². The van der Waals surface area contributed by atoms with Crippen molar-refractivity contribution in [3.8, 4) is 6.07 Å². The Bertz CT molecular complexity index is 372. The highest BCUT2D eigenvalue weighted by atomic mass is 79.9. The van der Waals surface area contributed by atoms with E-state index in [0.29, 0.717) is 6.42 Å². The maximum absolute atomic E-state index is 9.07. The standard InChI is InChI=1S/C12H14BrNO2/c1-15-12(16-2)10(8-14)6-9-4-3-5-11(13)7-9/h3-5,7,10,12H,6H2,1-2H3. The second-order valence-electron chi connectivity index (χ2n) is 3.41. The first-order chi connectivity index (χ1) is 7.71. The number of hydrogen-bond acceptors (Lipinski definition) is 3. The third-order valence-electron chi connectivity index (χ3n) is 2.30. The van der Waals surface area contributed by atoms with Crippen LogP contribution in [0, 0.1) is 17.2 Å². The Hall–Kier alpha value is -0.890. The molecule has 1 aromatic rings. The molecule has 1 aromatic carbocycles. The quantitative estimate of drug-likeness (QED) is 0.781. The van der Waals surface area contributed by atoms with Crippen molar-refractivity contribution in [1.29, 1.82) is 5.26 Å². The molecule has 0 bridgehead atoms. The summed E-state index contributed by atoms with van der Waals surface area (Å²) in [5, 5.41) is 9.07. The third kappa shape index (κ3) is 3.60. The Morgan fingerprint density at radius 2 is 2.06 bits per heavy atom. The highest BCUT2D eigenvalue weighted by molar-refractivity contribution is 9.10. The summed E-state index contributed by atoms with van der Waals surface area (Å²) in [6.07, 6.45) is 0.131. The summed E-state index contributed by atoms with van der Waals surface area (Å²) >= 11 is 3.40. The molecule has 0 spiro atoms. The molecule has 86 valence electrons. The lowest BCUT2D eigenvalue weighted by atomic mass is 10.0. The van der Waals surface area contributed by atoms with E-state index in [0.717, 1.165) is 10.0 Å².